The highest BCUT2D eigenvalue weighted by atomic mass is 16.5. The van der Waals surface area contributed by atoms with Crippen molar-refractivity contribution in [3.05, 3.63) is 77.9 Å². The molecule has 1 N–H and O–H groups in total. The summed E-state index contributed by atoms with van der Waals surface area (Å²) in [4.78, 5) is 6.51. The first kappa shape index (κ1) is 16.2. The van der Waals surface area contributed by atoms with Gasteiger partial charge in [-0.3, -0.25) is 0 Å². The Hall–Kier alpha value is -2.66. The highest BCUT2D eigenvalue weighted by molar-refractivity contribution is 5.46. The van der Waals surface area contributed by atoms with Crippen LogP contribution in [0.2, 0.25) is 0 Å². The van der Waals surface area contributed by atoms with Gasteiger partial charge in [-0.2, -0.15) is 4.98 Å². The van der Waals surface area contributed by atoms with E-state index in [9.17, 15) is 5.11 Å². The number of aliphatic hydroxyl groups is 1. The number of benzene rings is 2. The second-order valence-electron chi connectivity index (χ2n) is 5.83. The van der Waals surface area contributed by atoms with Crippen LogP contribution in [-0.2, 0) is 13.0 Å². The van der Waals surface area contributed by atoms with E-state index in [-0.39, 0.29) is 0 Å². The van der Waals surface area contributed by atoms with Crippen molar-refractivity contribution in [3.63, 3.8) is 0 Å². The van der Waals surface area contributed by atoms with Gasteiger partial charge in [-0.05, 0) is 24.6 Å². The van der Waals surface area contributed by atoms with Crippen LogP contribution in [0.1, 0.15) is 24.2 Å². The van der Waals surface area contributed by atoms with Gasteiger partial charge in [0.1, 0.15) is 0 Å². The SMILES string of the molecule is C[C@@H](O)CN(Cc1nc(Cc2ccccc2)no1)c1ccccc1. The standard InChI is InChI=1S/C19H21N3O2/c1-15(23)13-22(17-10-6-3-7-11-17)14-19-20-18(21-24-19)12-16-8-4-2-5-9-16/h2-11,15,23H,12-14H2,1H3/t15-/m1/s1. The number of anilines is 1. The fourth-order valence-corrected chi connectivity index (χ4v) is 2.59. The smallest absolute Gasteiger partial charge is 0.246 e. The molecule has 0 fully saturated rings. The average Bonchev–Trinajstić information content (AvgIpc) is 3.02. The minimum absolute atomic E-state index is 0.447. The zero-order chi connectivity index (χ0) is 16.8. The molecular weight excluding hydrogens is 302 g/mol. The van der Waals surface area contributed by atoms with Crippen molar-refractivity contribution >= 4 is 5.69 Å². The van der Waals surface area contributed by atoms with Gasteiger partial charge in [0.05, 0.1) is 12.6 Å². The summed E-state index contributed by atoms with van der Waals surface area (Å²) < 4.78 is 5.39. The summed E-state index contributed by atoms with van der Waals surface area (Å²) in [5.74, 6) is 1.21. The van der Waals surface area contributed by atoms with Crippen LogP contribution in [0.4, 0.5) is 5.69 Å². The van der Waals surface area contributed by atoms with E-state index in [1.807, 2.05) is 65.6 Å². The van der Waals surface area contributed by atoms with Crippen LogP contribution in [0.3, 0.4) is 0 Å². The molecule has 0 amide bonds. The highest BCUT2D eigenvalue weighted by Crippen LogP contribution is 2.17. The molecule has 3 aromatic rings. The molecule has 0 aliphatic rings. The molecule has 5 heteroatoms. The maximum atomic E-state index is 9.75. The molecule has 5 nitrogen and oxygen atoms in total. The summed E-state index contributed by atoms with van der Waals surface area (Å²) >= 11 is 0. The summed E-state index contributed by atoms with van der Waals surface area (Å²) in [6, 6.07) is 20.0. The maximum absolute atomic E-state index is 9.75. The van der Waals surface area contributed by atoms with Gasteiger partial charge in [-0.1, -0.05) is 53.7 Å². The second kappa shape index (κ2) is 7.75. The number of hydrogen-bond acceptors (Lipinski definition) is 5. The van der Waals surface area contributed by atoms with Crippen molar-refractivity contribution in [1.29, 1.82) is 0 Å². The lowest BCUT2D eigenvalue weighted by atomic mass is 10.1. The molecule has 0 spiro atoms. The second-order valence-corrected chi connectivity index (χ2v) is 5.83. The molecular formula is C19H21N3O2. The summed E-state index contributed by atoms with van der Waals surface area (Å²) in [7, 11) is 0. The molecule has 0 unspecified atom stereocenters. The fraction of sp³-hybridized carbons (Fsp3) is 0.263. The Labute approximate surface area is 141 Å². The normalized spacial score (nSPS) is 12.1. The van der Waals surface area contributed by atoms with Crippen molar-refractivity contribution in [2.75, 3.05) is 11.4 Å². The first-order valence-electron chi connectivity index (χ1n) is 8.04. The number of rotatable bonds is 7. The molecule has 0 bridgehead atoms. The van der Waals surface area contributed by atoms with Gasteiger partial charge in [0.15, 0.2) is 5.82 Å². The quantitative estimate of drug-likeness (QED) is 0.724. The van der Waals surface area contributed by atoms with Crippen molar-refractivity contribution in [1.82, 2.24) is 10.1 Å². The van der Waals surface area contributed by atoms with E-state index in [0.29, 0.717) is 31.2 Å². The molecule has 2 aromatic carbocycles. The van der Waals surface area contributed by atoms with Gasteiger partial charge in [-0.25, -0.2) is 0 Å². The predicted molar refractivity (Wildman–Crippen MR) is 92.7 cm³/mol. The lowest BCUT2D eigenvalue weighted by molar-refractivity contribution is 0.198. The first-order chi connectivity index (χ1) is 11.7. The molecule has 0 saturated heterocycles. The van der Waals surface area contributed by atoms with E-state index in [0.717, 1.165) is 11.3 Å². The molecule has 24 heavy (non-hydrogen) atoms. The van der Waals surface area contributed by atoms with E-state index in [2.05, 4.69) is 10.1 Å². The molecule has 1 heterocycles. The molecule has 1 aromatic heterocycles. The molecule has 1 atom stereocenters. The van der Waals surface area contributed by atoms with Gasteiger partial charge in [-0.15, -0.1) is 0 Å². The zero-order valence-corrected chi connectivity index (χ0v) is 13.7. The Bertz CT molecular complexity index is 742. The molecule has 0 aliphatic heterocycles. The largest absolute Gasteiger partial charge is 0.392 e. The molecule has 0 aliphatic carbocycles. The average molecular weight is 323 g/mol. The highest BCUT2D eigenvalue weighted by Gasteiger charge is 2.14. The molecule has 124 valence electrons. The van der Waals surface area contributed by atoms with E-state index >= 15 is 0 Å². The van der Waals surface area contributed by atoms with Crippen LogP contribution >= 0.6 is 0 Å². The van der Waals surface area contributed by atoms with E-state index in [1.54, 1.807) is 6.92 Å². The lowest BCUT2D eigenvalue weighted by Gasteiger charge is -2.24. The third kappa shape index (κ3) is 4.43. The molecule has 3 rings (SSSR count). The fourth-order valence-electron chi connectivity index (χ4n) is 2.59. The monoisotopic (exact) mass is 323 g/mol. The third-order valence-corrected chi connectivity index (χ3v) is 3.65. The van der Waals surface area contributed by atoms with Crippen molar-refractivity contribution in [2.24, 2.45) is 0 Å². The van der Waals surface area contributed by atoms with Crippen LogP contribution in [0.5, 0.6) is 0 Å². The van der Waals surface area contributed by atoms with E-state index in [1.165, 1.54) is 0 Å². The van der Waals surface area contributed by atoms with Crippen molar-refractivity contribution < 1.29 is 9.63 Å². The minimum atomic E-state index is -0.447. The summed E-state index contributed by atoms with van der Waals surface area (Å²) in [6.07, 6.45) is 0.198. The number of aliphatic hydroxyl groups excluding tert-OH is 1. The summed E-state index contributed by atoms with van der Waals surface area (Å²) in [5, 5.41) is 13.8. The summed E-state index contributed by atoms with van der Waals surface area (Å²) in [6.45, 7) is 2.74. The van der Waals surface area contributed by atoms with Gasteiger partial charge in [0, 0.05) is 18.7 Å². The van der Waals surface area contributed by atoms with Crippen LogP contribution in [0.25, 0.3) is 0 Å². The number of nitrogens with zero attached hydrogens (tertiary/aromatic N) is 3. The lowest BCUT2D eigenvalue weighted by Crippen LogP contribution is -2.30. The van der Waals surface area contributed by atoms with Gasteiger partial charge >= 0.3 is 0 Å². The Morgan fingerprint density at radius 3 is 2.38 bits per heavy atom. The molecule has 0 saturated carbocycles. The number of hydrogen-bond donors (Lipinski definition) is 1. The Balaban J connectivity index is 1.71. The van der Waals surface area contributed by atoms with Crippen LogP contribution in [0, 0.1) is 0 Å². The van der Waals surface area contributed by atoms with Crippen LogP contribution < -0.4 is 4.90 Å². The van der Waals surface area contributed by atoms with E-state index < -0.39 is 6.10 Å². The van der Waals surface area contributed by atoms with Gasteiger partial charge in [0.2, 0.25) is 5.89 Å². The Morgan fingerprint density at radius 1 is 1.04 bits per heavy atom. The summed E-state index contributed by atoms with van der Waals surface area (Å²) in [5.41, 5.74) is 2.16. The Morgan fingerprint density at radius 2 is 1.71 bits per heavy atom. The first-order valence-corrected chi connectivity index (χ1v) is 8.04. The van der Waals surface area contributed by atoms with Crippen molar-refractivity contribution in [2.45, 2.75) is 26.0 Å². The zero-order valence-electron chi connectivity index (χ0n) is 13.7. The van der Waals surface area contributed by atoms with Crippen molar-refractivity contribution in [3.8, 4) is 0 Å². The van der Waals surface area contributed by atoms with Gasteiger partial charge in [0.25, 0.3) is 0 Å². The van der Waals surface area contributed by atoms with E-state index in [4.69, 9.17) is 4.52 Å². The number of aromatic nitrogens is 2. The van der Waals surface area contributed by atoms with Crippen LogP contribution in [0.15, 0.2) is 65.2 Å². The predicted octanol–water partition coefficient (Wildman–Crippen LogP) is 3.05. The van der Waals surface area contributed by atoms with Crippen LogP contribution in [-0.4, -0.2) is 27.9 Å². The number of para-hydroxylation sites is 1. The van der Waals surface area contributed by atoms with Gasteiger partial charge < -0.3 is 14.5 Å². The minimum Gasteiger partial charge on any atom is -0.392 e. The Kier molecular flexibility index (Phi) is 5.23. The maximum Gasteiger partial charge on any atom is 0.246 e. The molecule has 0 radical (unpaired) electrons. The topological polar surface area (TPSA) is 62.4 Å². The third-order valence-electron chi connectivity index (χ3n) is 3.65.